The quantitative estimate of drug-likeness (QED) is 0.782. The van der Waals surface area contributed by atoms with E-state index >= 15 is 0 Å². The lowest BCUT2D eigenvalue weighted by molar-refractivity contribution is 0.151. The van der Waals surface area contributed by atoms with E-state index in [9.17, 15) is 5.11 Å². The molecule has 1 heterocycles. The van der Waals surface area contributed by atoms with Gasteiger partial charge in [-0.1, -0.05) is 6.07 Å². The number of hydrogen-bond donors (Lipinski definition) is 2. The lowest BCUT2D eigenvalue weighted by Gasteiger charge is -2.18. The lowest BCUT2D eigenvalue weighted by Crippen LogP contribution is -2.22. The highest BCUT2D eigenvalue weighted by Crippen LogP contribution is 2.51. The van der Waals surface area contributed by atoms with Gasteiger partial charge in [0.2, 0.25) is 0 Å². The molecule has 1 aliphatic carbocycles. The minimum absolute atomic E-state index is 0.0132. The summed E-state index contributed by atoms with van der Waals surface area (Å²) in [6, 6.07) is 6.22. The first-order valence-electron chi connectivity index (χ1n) is 5.34. The maximum Gasteiger partial charge on any atom is 0.0931 e. The van der Waals surface area contributed by atoms with Crippen molar-refractivity contribution < 1.29 is 5.11 Å². The van der Waals surface area contributed by atoms with Crippen LogP contribution in [0, 0.1) is 0 Å². The zero-order valence-corrected chi connectivity index (χ0v) is 8.70. The maximum absolute atomic E-state index is 9.79. The maximum atomic E-state index is 9.79. The minimum atomic E-state index is -0.266. The van der Waals surface area contributed by atoms with E-state index in [0.717, 1.165) is 23.9 Å². The van der Waals surface area contributed by atoms with Crippen LogP contribution in [-0.4, -0.2) is 21.2 Å². The second-order valence-corrected chi connectivity index (χ2v) is 4.47. The first-order valence-corrected chi connectivity index (χ1v) is 5.34. The van der Waals surface area contributed by atoms with E-state index < -0.39 is 0 Å². The predicted octanol–water partition coefficient (Wildman–Crippen LogP) is 1.98. The molecule has 3 rings (SSSR count). The van der Waals surface area contributed by atoms with Crippen molar-refractivity contribution in [3.63, 3.8) is 0 Å². The Balaban J connectivity index is 2.11. The second kappa shape index (κ2) is 2.83. The van der Waals surface area contributed by atoms with Gasteiger partial charge in [0, 0.05) is 5.41 Å². The third-order valence-electron chi connectivity index (χ3n) is 3.58. The van der Waals surface area contributed by atoms with E-state index in [4.69, 9.17) is 0 Å². The van der Waals surface area contributed by atoms with E-state index in [2.05, 4.69) is 22.1 Å². The molecule has 0 spiro atoms. The third kappa shape index (κ3) is 1.20. The van der Waals surface area contributed by atoms with Crippen LogP contribution >= 0.6 is 0 Å². The SMILES string of the molecule is CC(O)C1(c2ccc3nc[nH]c3c2)CC1. The van der Waals surface area contributed by atoms with Gasteiger partial charge in [0.05, 0.1) is 23.5 Å². The van der Waals surface area contributed by atoms with Crippen LogP contribution < -0.4 is 0 Å². The van der Waals surface area contributed by atoms with Crippen molar-refractivity contribution in [1.29, 1.82) is 0 Å². The topological polar surface area (TPSA) is 48.9 Å². The standard InChI is InChI=1S/C12H14N2O/c1-8(15)12(4-5-12)9-2-3-10-11(6-9)14-7-13-10/h2-3,6-8,15H,4-5H2,1H3,(H,13,14). The summed E-state index contributed by atoms with van der Waals surface area (Å²) in [7, 11) is 0. The first kappa shape index (κ1) is 8.92. The highest BCUT2D eigenvalue weighted by molar-refractivity contribution is 5.75. The van der Waals surface area contributed by atoms with Crippen molar-refractivity contribution in [1.82, 2.24) is 9.97 Å². The first-order chi connectivity index (χ1) is 7.22. The Kier molecular flexibility index (Phi) is 1.68. The molecule has 78 valence electrons. The summed E-state index contributed by atoms with van der Waals surface area (Å²) in [4.78, 5) is 7.30. The summed E-state index contributed by atoms with van der Waals surface area (Å²) in [6.07, 6.45) is 3.61. The Morgan fingerprint density at radius 1 is 1.47 bits per heavy atom. The average molecular weight is 202 g/mol. The molecule has 1 saturated carbocycles. The summed E-state index contributed by atoms with van der Waals surface area (Å²) in [5, 5.41) is 9.79. The Hall–Kier alpha value is -1.35. The molecule has 1 aromatic heterocycles. The molecule has 0 radical (unpaired) electrons. The van der Waals surface area contributed by atoms with Gasteiger partial charge in [-0.25, -0.2) is 4.98 Å². The van der Waals surface area contributed by atoms with E-state index in [0.29, 0.717) is 0 Å². The van der Waals surface area contributed by atoms with E-state index in [1.807, 2.05) is 13.0 Å². The van der Waals surface area contributed by atoms with Crippen molar-refractivity contribution in [2.75, 3.05) is 0 Å². The highest BCUT2D eigenvalue weighted by Gasteiger charge is 2.48. The number of fused-ring (bicyclic) bond motifs is 1. The Labute approximate surface area is 88.2 Å². The van der Waals surface area contributed by atoms with Crippen LogP contribution in [0.25, 0.3) is 11.0 Å². The highest BCUT2D eigenvalue weighted by atomic mass is 16.3. The van der Waals surface area contributed by atoms with E-state index in [1.54, 1.807) is 6.33 Å². The number of nitrogens with zero attached hydrogens (tertiary/aromatic N) is 1. The largest absolute Gasteiger partial charge is 0.392 e. The average Bonchev–Trinajstić information content (AvgIpc) is 2.91. The Morgan fingerprint density at radius 2 is 2.27 bits per heavy atom. The van der Waals surface area contributed by atoms with Gasteiger partial charge >= 0.3 is 0 Å². The van der Waals surface area contributed by atoms with Crippen LogP contribution in [0.2, 0.25) is 0 Å². The number of aromatic nitrogens is 2. The summed E-state index contributed by atoms with van der Waals surface area (Å²) in [5.74, 6) is 0. The number of aliphatic hydroxyl groups excluding tert-OH is 1. The zero-order chi connectivity index (χ0) is 10.5. The van der Waals surface area contributed by atoms with Crippen molar-refractivity contribution in [2.24, 2.45) is 0 Å². The Morgan fingerprint density at radius 3 is 2.93 bits per heavy atom. The Bertz CT molecular complexity index is 497. The van der Waals surface area contributed by atoms with Gasteiger partial charge in [0.25, 0.3) is 0 Å². The number of nitrogens with one attached hydrogen (secondary N) is 1. The summed E-state index contributed by atoms with van der Waals surface area (Å²) in [6.45, 7) is 1.88. The predicted molar refractivity (Wildman–Crippen MR) is 58.7 cm³/mol. The molecule has 15 heavy (non-hydrogen) atoms. The molecule has 0 saturated heterocycles. The van der Waals surface area contributed by atoms with Crippen LogP contribution in [-0.2, 0) is 5.41 Å². The van der Waals surface area contributed by atoms with Crippen LogP contribution in [0.1, 0.15) is 25.3 Å². The summed E-state index contributed by atoms with van der Waals surface area (Å²) < 4.78 is 0. The fourth-order valence-electron chi connectivity index (χ4n) is 2.33. The van der Waals surface area contributed by atoms with Gasteiger partial charge in [-0.2, -0.15) is 0 Å². The molecule has 0 bridgehead atoms. The van der Waals surface area contributed by atoms with Crippen molar-refractivity contribution in [3.8, 4) is 0 Å². The third-order valence-corrected chi connectivity index (χ3v) is 3.58. The monoisotopic (exact) mass is 202 g/mol. The fourth-order valence-corrected chi connectivity index (χ4v) is 2.33. The van der Waals surface area contributed by atoms with Crippen molar-refractivity contribution >= 4 is 11.0 Å². The number of hydrogen-bond acceptors (Lipinski definition) is 2. The molecule has 1 unspecified atom stereocenters. The van der Waals surface area contributed by atoms with Crippen LogP contribution in [0.4, 0.5) is 0 Å². The molecule has 1 fully saturated rings. The van der Waals surface area contributed by atoms with Gasteiger partial charge in [-0.3, -0.25) is 0 Å². The number of benzene rings is 1. The minimum Gasteiger partial charge on any atom is -0.392 e. The fraction of sp³-hybridized carbons (Fsp3) is 0.417. The number of imidazole rings is 1. The van der Waals surface area contributed by atoms with Crippen LogP contribution in [0.5, 0.6) is 0 Å². The van der Waals surface area contributed by atoms with Crippen LogP contribution in [0.15, 0.2) is 24.5 Å². The molecule has 2 N–H and O–H groups in total. The zero-order valence-electron chi connectivity index (χ0n) is 8.70. The number of aromatic amines is 1. The molecule has 3 heteroatoms. The molecule has 2 aromatic rings. The molecule has 3 nitrogen and oxygen atoms in total. The molecule has 0 aliphatic heterocycles. The van der Waals surface area contributed by atoms with Gasteiger partial charge < -0.3 is 10.1 Å². The smallest absolute Gasteiger partial charge is 0.0931 e. The van der Waals surface area contributed by atoms with E-state index in [1.165, 1.54) is 5.56 Å². The molecular weight excluding hydrogens is 188 g/mol. The number of aliphatic hydroxyl groups is 1. The summed E-state index contributed by atoms with van der Waals surface area (Å²) in [5.41, 5.74) is 3.29. The molecule has 1 aromatic carbocycles. The molecular formula is C12H14N2O. The van der Waals surface area contributed by atoms with Gasteiger partial charge in [-0.05, 0) is 37.5 Å². The van der Waals surface area contributed by atoms with Gasteiger partial charge in [0.15, 0.2) is 0 Å². The molecule has 1 aliphatic rings. The lowest BCUT2D eigenvalue weighted by atomic mass is 9.91. The van der Waals surface area contributed by atoms with Crippen molar-refractivity contribution in [3.05, 3.63) is 30.1 Å². The molecule has 0 amide bonds. The van der Waals surface area contributed by atoms with E-state index in [-0.39, 0.29) is 11.5 Å². The number of rotatable bonds is 2. The van der Waals surface area contributed by atoms with Gasteiger partial charge in [-0.15, -0.1) is 0 Å². The van der Waals surface area contributed by atoms with Crippen LogP contribution in [0.3, 0.4) is 0 Å². The normalized spacial score (nSPS) is 20.4. The second-order valence-electron chi connectivity index (χ2n) is 4.47. The number of H-pyrrole nitrogens is 1. The molecule has 1 atom stereocenters. The van der Waals surface area contributed by atoms with Crippen molar-refractivity contribution in [2.45, 2.75) is 31.3 Å². The summed E-state index contributed by atoms with van der Waals surface area (Å²) >= 11 is 0. The van der Waals surface area contributed by atoms with Gasteiger partial charge in [0.1, 0.15) is 0 Å².